The zero-order valence-electron chi connectivity index (χ0n) is 11.7. The van der Waals surface area contributed by atoms with Crippen molar-refractivity contribution in [2.45, 2.75) is 33.7 Å². The van der Waals surface area contributed by atoms with Gasteiger partial charge in [-0.05, 0) is 36.6 Å². The van der Waals surface area contributed by atoms with E-state index in [9.17, 15) is 4.39 Å². The molecule has 1 heterocycles. The third kappa shape index (κ3) is 3.01. The summed E-state index contributed by atoms with van der Waals surface area (Å²) in [7, 11) is 0. The molecule has 0 amide bonds. The van der Waals surface area contributed by atoms with E-state index < -0.39 is 0 Å². The molecule has 1 aromatic carbocycles. The first-order valence-corrected chi connectivity index (χ1v) is 7.09. The molecule has 2 N–H and O–H groups in total. The summed E-state index contributed by atoms with van der Waals surface area (Å²) in [5, 5.41) is 0.935. The van der Waals surface area contributed by atoms with Crippen LogP contribution in [-0.4, -0.2) is 4.98 Å². The van der Waals surface area contributed by atoms with Gasteiger partial charge in [-0.1, -0.05) is 20.8 Å². The van der Waals surface area contributed by atoms with E-state index in [4.69, 9.17) is 5.73 Å². The highest BCUT2D eigenvalue weighted by Crippen LogP contribution is 2.36. The Kier molecular flexibility index (Phi) is 3.74. The van der Waals surface area contributed by atoms with E-state index in [2.05, 4.69) is 25.8 Å². The molecule has 0 aliphatic carbocycles. The fourth-order valence-corrected chi connectivity index (χ4v) is 2.99. The van der Waals surface area contributed by atoms with Gasteiger partial charge in [-0.15, -0.1) is 11.3 Å². The van der Waals surface area contributed by atoms with Gasteiger partial charge in [0, 0.05) is 10.4 Å². The third-order valence-electron chi connectivity index (χ3n) is 3.13. The van der Waals surface area contributed by atoms with Crippen molar-refractivity contribution < 1.29 is 4.39 Å². The van der Waals surface area contributed by atoms with E-state index >= 15 is 0 Å². The molecule has 0 radical (unpaired) electrons. The van der Waals surface area contributed by atoms with E-state index in [1.807, 2.05) is 6.92 Å². The Bertz CT molecular complexity index is 567. The lowest BCUT2D eigenvalue weighted by molar-refractivity contribution is 0.326. The van der Waals surface area contributed by atoms with E-state index in [-0.39, 0.29) is 17.3 Å². The maximum Gasteiger partial charge on any atom is 0.123 e. The van der Waals surface area contributed by atoms with Crippen LogP contribution in [0.25, 0.3) is 11.3 Å². The van der Waals surface area contributed by atoms with Gasteiger partial charge in [-0.25, -0.2) is 9.37 Å². The summed E-state index contributed by atoms with van der Waals surface area (Å²) in [4.78, 5) is 5.76. The third-order valence-corrected chi connectivity index (χ3v) is 4.18. The fraction of sp³-hybridized carbons (Fsp3) is 0.400. The van der Waals surface area contributed by atoms with Crippen LogP contribution in [0.5, 0.6) is 0 Å². The molecule has 4 heteroatoms. The van der Waals surface area contributed by atoms with Gasteiger partial charge < -0.3 is 5.73 Å². The zero-order chi connectivity index (χ0) is 14.2. The molecule has 2 aromatic rings. The lowest BCUT2D eigenvalue weighted by Crippen LogP contribution is -2.26. The predicted octanol–water partition coefficient (Wildman–Crippen LogP) is 4.30. The van der Waals surface area contributed by atoms with Crippen LogP contribution in [0.1, 0.15) is 36.7 Å². The quantitative estimate of drug-likeness (QED) is 0.889. The highest BCUT2D eigenvalue weighted by Gasteiger charge is 2.26. The summed E-state index contributed by atoms with van der Waals surface area (Å²) in [6.45, 7) is 8.33. The average molecular weight is 278 g/mol. The molecule has 0 aliphatic heterocycles. The minimum atomic E-state index is -0.233. The number of benzene rings is 1. The van der Waals surface area contributed by atoms with Crippen LogP contribution in [0.2, 0.25) is 0 Å². The van der Waals surface area contributed by atoms with Crippen LogP contribution in [0.4, 0.5) is 4.39 Å². The highest BCUT2D eigenvalue weighted by molar-refractivity contribution is 7.12. The van der Waals surface area contributed by atoms with Gasteiger partial charge in [0.1, 0.15) is 10.8 Å². The molecule has 1 aromatic heterocycles. The summed E-state index contributed by atoms with van der Waals surface area (Å²) in [5.74, 6) is -0.233. The van der Waals surface area contributed by atoms with Crippen LogP contribution >= 0.6 is 11.3 Å². The van der Waals surface area contributed by atoms with Crippen molar-refractivity contribution in [1.82, 2.24) is 4.98 Å². The number of aryl methyl sites for hydroxylation is 1. The van der Waals surface area contributed by atoms with Crippen molar-refractivity contribution in [2.75, 3.05) is 0 Å². The van der Waals surface area contributed by atoms with Gasteiger partial charge in [0.05, 0.1) is 11.7 Å². The second-order valence-corrected chi connectivity index (χ2v) is 7.04. The first kappa shape index (κ1) is 14.2. The zero-order valence-corrected chi connectivity index (χ0v) is 12.5. The van der Waals surface area contributed by atoms with Crippen LogP contribution in [0, 0.1) is 18.2 Å². The van der Waals surface area contributed by atoms with Crippen LogP contribution < -0.4 is 5.73 Å². The second kappa shape index (κ2) is 5.02. The molecule has 2 rings (SSSR count). The van der Waals surface area contributed by atoms with Crippen molar-refractivity contribution >= 4 is 11.3 Å². The van der Waals surface area contributed by atoms with Crippen LogP contribution in [0.3, 0.4) is 0 Å². The fourth-order valence-electron chi connectivity index (χ4n) is 1.80. The van der Waals surface area contributed by atoms with Crippen molar-refractivity contribution in [2.24, 2.45) is 11.1 Å². The van der Waals surface area contributed by atoms with E-state index in [1.54, 1.807) is 23.5 Å². The Labute approximate surface area is 117 Å². The van der Waals surface area contributed by atoms with Gasteiger partial charge in [-0.3, -0.25) is 0 Å². The Morgan fingerprint density at radius 1 is 1.21 bits per heavy atom. The van der Waals surface area contributed by atoms with E-state index in [0.717, 1.165) is 21.1 Å². The molecule has 2 nitrogen and oxygen atoms in total. The molecule has 0 saturated heterocycles. The van der Waals surface area contributed by atoms with Gasteiger partial charge in [0.25, 0.3) is 0 Å². The standard InChI is InChI=1S/C15H19FN2S/c1-9-12(10-5-7-11(16)8-6-10)18-14(19-9)13(17)15(2,3)4/h5-8,13H,17H2,1-4H3. The molecule has 0 fully saturated rings. The molecule has 1 unspecified atom stereocenters. The number of aromatic nitrogens is 1. The number of nitrogens with zero attached hydrogens (tertiary/aromatic N) is 1. The number of thiazole rings is 1. The lowest BCUT2D eigenvalue weighted by atomic mass is 9.88. The summed E-state index contributed by atoms with van der Waals surface area (Å²) < 4.78 is 13.0. The molecule has 0 bridgehead atoms. The molecule has 102 valence electrons. The van der Waals surface area contributed by atoms with Gasteiger partial charge in [-0.2, -0.15) is 0 Å². The normalized spacial score (nSPS) is 13.6. The number of hydrogen-bond donors (Lipinski definition) is 1. The largest absolute Gasteiger partial charge is 0.322 e. The minimum absolute atomic E-state index is 0.0235. The SMILES string of the molecule is Cc1sc(C(N)C(C)(C)C)nc1-c1ccc(F)cc1. The first-order valence-electron chi connectivity index (χ1n) is 6.28. The number of rotatable bonds is 2. The van der Waals surface area contributed by atoms with E-state index in [1.165, 1.54) is 12.1 Å². The minimum Gasteiger partial charge on any atom is -0.322 e. The van der Waals surface area contributed by atoms with E-state index in [0.29, 0.717) is 0 Å². The van der Waals surface area contributed by atoms with Crippen molar-refractivity contribution in [3.05, 3.63) is 40.0 Å². The Morgan fingerprint density at radius 3 is 2.32 bits per heavy atom. The molecule has 0 saturated carbocycles. The average Bonchev–Trinajstić information content (AvgIpc) is 2.70. The predicted molar refractivity (Wildman–Crippen MR) is 78.6 cm³/mol. The molecular weight excluding hydrogens is 259 g/mol. The summed E-state index contributed by atoms with van der Waals surface area (Å²) in [6, 6.07) is 6.33. The maximum absolute atomic E-state index is 13.0. The lowest BCUT2D eigenvalue weighted by Gasteiger charge is -2.24. The molecule has 0 aliphatic rings. The Balaban J connectivity index is 2.39. The summed E-state index contributed by atoms with van der Waals surface area (Å²) >= 11 is 1.62. The smallest absolute Gasteiger partial charge is 0.123 e. The van der Waals surface area contributed by atoms with Crippen molar-refractivity contribution in [3.63, 3.8) is 0 Å². The van der Waals surface area contributed by atoms with Crippen LogP contribution in [0.15, 0.2) is 24.3 Å². The summed E-state index contributed by atoms with van der Waals surface area (Å²) in [6.07, 6.45) is 0. The first-order chi connectivity index (χ1) is 8.79. The number of hydrogen-bond acceptors (Lipinski definition) is 3. The molecule has 1 atom stereocenters. The van der Waals surface area contributed by atoms with Crippen molar-refractivity contribution in [1.29, 1.82) is 0 Å². The number of halogens is 1. The molecule has 19 heavy (non-hydrogen) atoms. The van der Waals surface area contributed by atoms with Crippen molar-refractivity contribution in [3.8, 4) is 11.3 Å². The molecular formula is C15H19FN2S. The Morgan fingerprint density at radius 2 is 1.79 bits per heavy atom. The monoisotopic (exact) mass is 278 g/mol. The van der Waals surface area contributed by atoms with Gasteiger partial charge >= 0.3 is 0 Å². The Hall–Kier alpha value is -1.26. The summed E-state index contributed by atoms with van der Waals surface area (Å²) in [5.41, 5.74) is 8.06. The topological polar surface area (TPSA) is 38.9 Å². The second-order valence-electron chi connectivity index (χ2n) is 5.81. The number of nitrogens with two attached hydrogens (primary N) is 1. The molecule has 0 spiro atoms. The highest BCUT2D eigenvalue weighted by atomic mass is 32.1. The maximum atomic E-state index is 13.0. The van der Waals surface area contributed by atoms with Crippen LogP contribution in [-0.2, 0) is 0 Å². The van der Waals surface area contributed by atoms with Gasteiger partial charge in [0.15, 0.2) is 0 Å². The van der Waals surface area contributed by atoms with Gasteiger partial charge in [0.2, 0.25) is 0 Å².